The molecule has 0 aliphatic carbocycles. The number of halogens is 1. The summed E-state index contributed by atoms with van der Waals surface area (Å²) >= 11 is 0. The van der Waals surface area contributed by atoms with Crippen molar-refractivity contribution in [3.63, 3.8) is 0 Å². The Balaban J connectivity index is 0.00000312. The lowest BCUT2D eigenvalue weighted by Crippen LogP contribution is -2.38. The fraction of sp³-hybridized carbons (Fsp3) is 0.765. The van der Waals surface area contributed by atoms with Crippen LogP contribution in [0.25, 0.3) is 0 Å². The van der Waals surface area contributed by atoms with E-state index in [2.05, 4.69) is 27.2 Å². The highest BCUT2D eigenvalue weighted by molar-refractivity contribution is 14.0. The van der Waals surface area contributed by atoms with Gasteiger partial charge in [0.25, 0.3) is 0 Å². The highest BCUT2D eigenvalue weighted by atomic mass is 127. The lowest BCUT2D eigenvalue weighted by Gasteiger charge is -2.21. The number of aromatic nitrogens is 2. The largest absolute Gasteiger partial charge is 0.381 e. The van der Waals surface area contributed by atoms with Gasteiger partial charge in [0.1, 0.15) is 0 Å². The Hall–Kier alpha value is -0.870. The Morgan fingerprint density at radius 3 is 3.04 bits per heavy atom. The lowest BCUT2D eigenvalue weighted by molar-refractivity contribution is 0.0893. The average Bonchev–Trinajstić information content (AvgIpc) is 3.21. The summed E-state index contributed by atoms with van der Waals surface area (Å²) in [5, 5.41) is 7.54. The van der Waals surface area contributed by atoms with E-state index in [-0.39, 0.29) is 24.0 Å². The van der Waals surface area contributed by atoms with E-state index in [0.29, 0.717) is 5.92 Å². The van der Waals surface area contributed by atoms with Gasteiger partial charge in [-0.2, -0.15) is 5.10 Å². The molecule has 0 bridgehead atoms. The van der Waals surface area contributed by atoms with Crippen LogP contribution in [0.2, 0.25) is 0 Å². The van der Waals surface area contributed by atoms with Gasteiger partial charge in [-0.05, 0) is 19.8 Å². The van der Waals surface area contributed by atoms with Crippen LogP contribution in [0.5, 0.6) is 0 Å². The third-order valence-corrected chi connectivity index (χ3v) is 3.96. The van der Waals surface area contributed by atoms with Gasteiger partial charge in [0.05, 0.1) is 19.4 Å². The molecule has 2 heterocycles. The molecular formula is C17H32IN5O2. The first-order valence-corrected chi connectivity index (χ1v) is 8.81. The van der Waals surface area contributed by atoms with E-state index in [9.17, 15) is 0 Å². The van der Waals surface area contributed by atoms with Crippen LogP contribution >= 0.6 is 24.0 Å². The molecule has 1 unspecified atom stereocenters. The first-order chi connectivity index (χ1) is 11.7. The Bertz CT molecular complexity index is 503. The second kappa shape index (κ2) is 12.5. The summed E-state index contributed by atoms with van der Waals surface area (Å²) in [6.07, 6.45) is 5.98. The van der Waals surface area contributed by atoms with E-state index in [0.717, 1.165) is 64.9 Å². The van der Waals surface area contributed by atoms with Crippen molar-refractivity contribution >= 4 is 29.9 Å². The van der Waals surface area contributed by atoms with Gasteiger partial charge in [-0.1, -0.05) is 0 Å². The average molecular weight is 465 g/mol. The van der Waals surface area contributed by atoms with Crippen LogP contribution in [0, 0.1) is 5.92 Å². The standard InChI is InChI=1S/C17H31N5O2.HI/c1-4-18-17(21(2)11-16-10-20-22(3)12-16)19-7-5-8-23-13-15-6-9-24-14-15;/h10,12,15H,4-9,11,13-14H2,1-3H3,(H,18,19);1H. The molecule has 1 aliphatic heterocycles. The van der Waals surface area contributed by atoms with Gasteiger partial charge < -0.3 is 19.7 Å². The molecule has 1 N–H and O–H groups in total. The maximum atomic E-state index is 5.72. The maximum absolute atomic E-state index is 5.72. The van der Waals surface area contributed by atoms with Gasteiger partial charge in [-0.3, -0.25) is 9.67 Å². The summed E-state index contributed by atoms with van der Waals surface area (Å²) in [6, 6.07) is 0. The summed E-state index contributed by atoms with van der Waals surface area (Å²) in [4.78, 5) is 6.81. The van der Waals surface area contributed by atoms with Crippen LogP contribution in [0.3, 0.4) is 0 Å². The molecule has 1 atom stereocenters. The van der Waals surface area contributed by atoms with Crippen LogP contribution in [-0.4, -0.2) is 67.2 Å². The van der Waals surface area contributed by atoms with Crippen molar-refractivity contribution in [2.75, 3.05) is 46.6 Å². The van der Waals surface area contributed by atoms with Gasteiger partial charge in [0.2, 0.25) is 0 Å². The topological polar surface area (TPSA) is 63.9 Å². The number of ether oxygens (including phenoxy) is 2. The van der Waals surface area contributed by atoms with E-state index in [1.807, 2.05) is 31.2 Å². The number of hydrogen-bond acceptors (Lipinski definition) is 4. The maximum Gasteiger partial charge on any atom is 0.193 e. The molecule has 144 valence electrons. The van der Waals surface area contributed by atoms with Crippen molar-refractivity contribution in [1.82, 2.24) is 20.0 Å². The van der Waals surface area contributed by atoms with E-state index >= 15 is 0 Å². The minimum atomic E-state index is 0. The molecule has 0 spiro atoms. The molecule has 1 aromatic rings. The molecule has 1 aliphatic rings. The summed E-state index contributed by atoms with van der Waals surface area (Å²) in [7, 11) is 3.98. The monoisotopic (exact) mass is 465 g/mol. The van der Waals surface area contributed by atoms with Crippen molar-refractivity contribution in [2.45, 2.75) is 26.3 Å². The zero-order valence-electron chi connectivity index (χ0n) is 15.6. The molecule has 25 heavy (non-hydrogen) atoms. The Kier molecular flexibility index (Phi) is 11.1. The second-order valence-electron chi connectivity index (χ2n) is 6.27. The highest BCUT2D eigenvalue weighted by Crippen LogP contribution is 2.12. The molecule has 0 aromatic carbocycles. The van der Waals surface area contributed by atoms with Gasteiger partial charge in [-0.25, -0.2) is 0 Å². The predicted molar refractivity (Wildman–Crippen MR) is 110 cm³/mol. The zero-order valence-corrected chi connectivity index (χ0v) is 17.9. The number of aryl methyl sites for hydroxylation is 1. The van der Waals surface area contributed by atoms with Crippen molar-refractivity contribution in [3.05, 3.63) is 18.0 Å². The molecule has 8 heteroatoms. The summed E-state index contributed by atoms with van der Waals surface area (Å²) < 4.78 is 12.9. The molecule has 0 amide bonds. The fourth-order valence-electron chi connectivity index (χ4n) is 2.69. The minimum Gasteiger partial charge on any atom is -0.381 e. The minimum absolute atomic E-state index is 0. The lowest BCUT2D eigenvalue weighted by atomic mass is 10.1. The van der Waals surface area contributed by atoms with Crippen molar-refractivity contribution in [2.24, 2.45) is 18.0 Å². The Morgan fingerprint density at radius 1 is 1.56 bits per heavy atom. The van der Waals surface area contributed by atoms with E-state index < -0.39 is 0 Å². The molecular weight excluding hydrogens is 433 g/mol. The molecule has 2 rings (SSSR count). The van der Waals surface area contributed by atoms with E-state index in [4.69, 9.17) is 9.47 Å². The van der Waals surface area contributed by atoms with E-state index in [1.165, 1.54) is 5.56 Å². The van der Waals surface area contributed by atoms with Crippen molar-refractivity contribution < 1.29 is 9.47 Å². The molecule has 0 saturated carbocycles. The molecule has 1 fully saturated rings. The first-order valence-electron chi connectivity index (χ1n) is 8.81. The number of aliphatic imine (C=N–C) groups is 1. The quantitative estimate of drug-likeness (QED) is 0.261. The predicted octanol–water partition coefficient (Wildman–Crippen LogP) is 1.88. The van der Waals surface area contributed by atoms with Gasteiger partial charge in [0, 0.05) is 64.6 Å². The van der Waals surface area contributed by atoms with Crippen molar-refractivity contribution in [3.8, 4) is 0 Å². The number of hydrogen-bond donors (Lipinski definition) is 1. The molecule has 0 radical (unpaired) electrons. The first kappa shape index (κ1) is 22.2. The molecule has 7 nitrogen and oxygen atoms in total. The second-order valence-corrected chi connectivity index (χ2v) is 6.27. The third kappa shape index (κ3) is 8.37. The Labute approximate surface area is 168 Å². The van der Waals surface area contributed by atoms with E-state index in [1.54, 1.807) is 0 Å². The third-order valence-electron chi connectivity index (χ3n) is 3.96. The molecule has 1 saturated heterocycles. The van der Waals surface area contributed by atoms with Crippen LogP contribution in [0.4, 0.5) is 0 Å². The molecule has 1 aromatic heterocycles. The van der Waals surface area contributed by atoms with Gasteiger partial charge in [0.15, 0.2) is 5.96 Å². The smallest absolute Gasteiger partial charge is 0.193 e. The van der Waals surface area contributed by atoms with Crippen LogP contribution in [0.1, 0.15) is 25.3 Å². The fourth-order valence-corrected chi connectivity index (χ4v) is 2.69. The number of guanidine groups is 1. The summed E-state index contributed by atoms with van der Waals surface area (Å²) in [5.74, 6) is 1.50. The van der Waals surface area contributed by atoms with Crippen LogP contribution in [0.15, 0.2) is 17.4 Å². The van der Waals surface area contributed by atoms with Crippen molar-refractivity contribution in [1.29, 1.82) is 0 Å². The van der Waals surface area contributed by atoms with Gasteiger partial charge >= 0.3 is 0 Å². The SMILES string of the molecule is CCNC(=NCCCOCC1CCOC1)N(C)Cc1cnn(C)c1.I. The summed E-state index contributed by atoms with van der Waals surface area (Å²) in [5.41, 5.74) is 1.17. The Morgan fingerprint density at radius 2 is 2.40 bits per heavy atom. The summed E-state index contributed by atoms with van der Waals surface area (Å²) in [6.45, 7) is 7.79. The number of rotatable bonds is 9. The van der Waals surface area contributed by atoms with Crippen LogP contribution in [-0.2, 0) is 23.1 Å². The van der Waals surface area contributed by atoms with Crippen LogP contribution < -0.4 is 5.32 Å². The number of nitrogens with one attached hydrogen (secondary N) is 1. The van der Waals surface area contributed by atoms with Gasteiger partial charge in [-0.15, -0.1) is 24.0 Å². The number of nitrogens with zero attached hydrogens (tertiary/aromatic N) is 4. The normalized spacial score (nSPS) is 17.4. The zero-order chi connectivity index (χ0) is 17.2. The highest BCUT2D eigenvalue weighted by Gasteiger charge is 2.15.